The molecule has 0 aliphatic heterocycles. The van der Waals surface area contributed by atoms with E-state index < -0.39 is 0 Å². The maximum atomic E-state index is 4.03. The van der Waals surface area contributed by atoms with Gasteiger partial charge in [-0.3, -0.25) is 0 Å². The van der Waals surface area contributed by atoms with Crippen LogP contribution >= 0.6 is 0 Å². The van der Waals surface area contributed by atoms with Crippen LogP contribution in [0.5, 0.6) is 0 Å². The molecule has 0 amide bonds. The van der Waals surface area contributed by atoms with Crippen molar-refractivity contribution in [3.8, 4) is 0 Å². The summed E-state index contributed by atoms with van der Waals surface area (Å²) in [7, 11) is 0. The first kappa shape index (κ1) is 14.6. The van der Waals surface area contributed by atoms with E-state index in [0.717, 1.165) is 11.4 Å². The second-order valence-corrected chi connectivity index (χ2v) is 2.17. The van der Waals surface area contributed by atoms with Gasteiger partial charge in [-0.2, -0.15) is 0 Å². The maximum absolute atomic E-state index is 4.03. The van der Waals surface area contributed by atoms with Crippen molar-refractivity contribution < 1.29 is 0 Å². The van der Waals surface area contributed by atoms with Crippen LogP contribution in [0.15, 0.2) is 6.33 Å². The van der Waals surface area contributed by atoms with Crippen LogP contribution in [-0.4, -0.2) is 9.97 Å². The van der Waals surface area contributed by atoms with Gasteiger partial charge in [-0.15, -0.1) is 0 Å². The third-order valence-corrected chi connectivity index (χ3v) is 1.59. The summed E-state index contributed by atoms with van der Waals surface area (Å²) in [6.07, 6.45) is 1.59. The Morgan fingerprint density at radius 2 is 1.08 bits per heavy atom. The number of hydrogen-bond acceptors (Lipinski definition) is 2. The summed E-state index contributed by atoms with van der Waals surface area (Å²) in [6.45, 7) is 14.0. The lowest BCUT2D eigenvalue weighted by molar-refractivity contribution is 1.01. The zero-order valence-electron chi connectivity index (χ0n) is 9.97. The van der Waals surface area contributed by atoms with Gasteiger partial charge in [0, 0.05) is 11.4 Å². The van der Waals surface area contributed by atoms with Crippen molar-refractivity contribution >= 4 is 0 Å². The van der Waals surface area contributed by atoms with Crippen LogP contribution in [0.4, 0.5) is 0 Å². The largest absolute Gasteiger partial charge is 0.241 e. The smallest absolute Gasteiger partial charge is 0.115 e. The molecule has 0 bridgehead atoms. The molecule has 0 unspecified atom stereocenters. The molecular weight excluding hydrogens is 160 g/mol. The van der Waals surface area contributed by atoms with E-state index in [1.165, 1.54) is 5.56 Å². The molecular formula is C11H22N2. The lowest BCUT2D eigenvalue weighted by Crippen LogP contribution is -1.92. The van der Waals surface area contributed by atoms with Gasteiger partial charge in [-0.05, 0) is 26.3 Å². The molecule has 13 heavy (non-hydrogen) atoms. The van der Waals surface area contributed by atoms with E-state index in [9.17, 15) is 0 Å². The molecule has 0 aromatic carbocycles. The van der Waals surface area contributed by atoms with E-state index in [2.05, 4.69) is 9.97 Å². The fourth-order valence-electron chi connectivity index (χ4n) is 0.658. The second kappa shape index (κ2) is 9.17. The molecule has 0 saturated heterocycles. The SMILES string of the molecule is CC.CC.Cc1ncnc(C)c1C. The van der Waals surface area contributed by atoms with Crippen LogP contribution in [0.1, 0.15) is 44.6 Å². The van der Waals surface area contributed by atoms with Gasteiger partial charge < -0.3 is 0 Å². The Bertz CT molecular complexity index is 199. The van der Waals surface area contributed by atoms with Gasteiger partial charge >= 0.3 is 0 Å². The molecule has 0 saturated carbocycles. The minimum atomic E-state index is 1.07. The highest BCUT2D eigenvalue weighted by atomic mass is 14.8. The highest BCUT2D eigenvalue weighted by Gasteiger charge is 1.94. The molecule has 0 aliphatic carbocycles. The topological polar surface area (TPSA) is 25.8 Å². The van der Waals surface area contributed by atoms with Crippen molar-refractivity contribution in [2.75, 3.05) is 0 Å². The number of hydrogen-bond donors (Lipinski definition) is 0. The normalized spacial score (nSPS) is 7.62. The van der Waals surface area contributed by atoms with Gasteiger partial charge in [0.15, 0.2) is 0 Å². The molecule has 1 aromatic heterocycles. The van der Waals surface area contributed by atoms with Crippen molar-refractivity contribution in [2.45, 2.75) is 48.5 Å². The van der Waals surface area contributed by atoms with Crippen LogP contribution in [-0.2, 0) is 0 Å². The van der Waals surface area contributed by atoms with E-state index >= 15 is 0 Å². The summed E-state index contributed by atoms with van der Waals surface area (Å²) >= 11 is 0. The number of rotatable bonds is 0. The average Bonchev–Trinajstić information content (AvgIpc) is 2.20. The van der Waals surface area contributed by atoms with Crippen LogP contribution in [0.3, 0.4) is 0 Å². The van der Waals surface area contributed by atoms with Crippen molar-refractivity contribution in [3.05, 3.63) is 23.3 Å². The van der Waals surface area contributed by atoms with E-state index in [0.29, 0.717) is 0 Å². The maximum Gasteiger partial charge on any atom is 0.115 e. The second-order valence-electron chi connectivity index (χ2n) is 2.17. The molecule has 76 valence electrons. The molecule has 1 rings (SSSR count). The first-order valence-electron chi connectivity index (χ1n) is 4.96. The van der Waals surface area contributed by atoms with Crippen molar-refractivity contribution in [1.82, 2.24) is 9.97 Å². The van der Waals surface area contributed by atoms with Gasteiger partial charge in [0.1, 0.15) is 6.33 Å². The molecule has 1 aromatic rings. The van der Waals surface area contributed by atoms with Crippen molar-refractivity contribution in [2.24, 2.45) is 0 Å². The van der Waals surface area contributed by atoms with Crippen LogP contribution < -0.4 is 0 Å². The lowest BCUT2D eigenvalue weighted by atomic mass is 10.2. The summed E-state index contributed by atoms with van der Waals surface area (Å²) in [5.41, 5.74) is 3.34. The summed E-state index contributed by atoms with van der Waals surface area (Å²) in [6, 6.07) is 0. The van der Waals surface area contributed by atoms with E-state index in [-0.39, 0.29) is 0 Å². The highest BCUT2D eigenvalue weighted by Crippen LogP contribution is 2.03. The van der Waals surface area contributed by atoms with E-state index in [4.69, 9.17) is 0 Å². The van der Waals surface area contributed by atoms with Crippen LogP contribution in [0.2, 0.25) is 0 Å². The Morgan fingerprint density at radius 1 is 0.769 bits per heavy atom. The van der Waals surface area contributed by atoms with Gasteiger partial charge in [0.05, 0.1) is 0 Å². The summed E-state index contributed by atoms with van der Waals surface area (Å²) in [5, 5.41) is 0. The first-order valence-corrected chi connectivity index (χ1v) is 4.96. The summed E-state index contributed by atoms with van der Waals surface area (Å²) in [5.74, 6) is 0. The Morgan fingerprint density at radius 3 is 1.31 bits per heavy atom. The lowest BCUT2D eigenvalue weighted by Gasteiger charge is -1.98. The molecule has 0 radical (unpaired) electrons. The van der Waals surface area contributed by atoms with Crippen LogP contribution in [0.25, 0.3) is 0 Å². The zero-order valence-corrected chi connectivity index (χ0v) is 9.97. The third-order valence-electron chi connectivity index (χ3n) is 1.59. The molecule has 1 heterocycles. The fourth-order valence-corrected chi connectivity index (χ4v) is 0.658. The Hall–Kier alpha value is -0.920. The van der Waals surface area contributed by atoms with E-state index in [1.54, 1.807) is 6.33 Å². The van der Waals surface area contributed by atoms with Gasteiger partial charge in [0.25, 0.3) is 0 Å². The minimum Gasteiger partial charge on any atom is -0.241 e. The molecule has 0 aliphatic rings. The molecule has 2 nitrogen and oxygen atoms in total. The fraction of sp³-hybridized carbons (Fsp3) is 0.636. The molecule has 2 heteroatoms. The molecule has 0 atom stereocenters. The number of nitrogens with zero attached hydrogens (tertiary/aromatic N) is 2. The van der Waals surface area contributed by atoms with Gasteiger partial charge in [0.2, 0.25) is 0 Å². The van der Waals surface area contributed by atoms with Gasteiger partial charge in [-0.25, -0.2) is 9.97 Å². The molecule has 0 N–H and O–H groups in total. The Kier molecular flexibility index (Phi) is 10.3. The average molecular weight is 182 g/mol. The quantitative estimate of drug-likeness (QED) is 0.614. The predicted octanol–water partition coefficient (Wildman–Crippen LogP) is 3.45. The van der Waals surface area contributed by atoms with Crippen molar-refractivity contribution in [1.29, 1.82) is 0 Å². The van der Waals surface area contributed by atoms with Crippen LogP contribution in [0, 0.1) is 20.8 Å². The Labute approximate surface area is 82.4 Å². The summed E-state index contributed by atoms with van der Waals surface area (Å²) in [4.78, 5) is 8.06. The molecule has 0 fully saturated rings. The van der Waals surface area contributed by atoms with Crippen molar-refractivity contribution in [3.63, 3.8) is 0 Å². The van der Waals surface area contributed by atoms with E-state index in [1.807, 2.05) is 48.5 Å². The summed E-state index contributed by atoms with van der Waals surface area (Å²) < 4.78 is 0. The number of aromatic nitrogens is 2. The molecule has 0 spiro atoms. The standard InChI is InChI=1S/C7H10N2.2C2H6/c1-5-6(2)8-4-9-7(5)3;2*1-2/h4H,1-3H3;2*1-2H3. The Balaban J connectivity index is 0. The number of aryl methyl sites for hydroxylation is 2. The first-order chi connectivity index (χ1) is 6.22. The van der Waals surface area contributed by atoms with Gasteiger partial charge in [-0.1, -0.05) is 27.7 Å². The third kappa shape index (κ3) is 5.34. The zero-order chi connectivity index (χ0) is 10.9. The minimum absolute atomic E-state index is 1.07. The highest BCUT2D eigenvalue weighted by molar-refractivity contribution is 5.19. The monoisotopic (exact) mass is 182 g/mol. The predicted molar refractivity (Wildman–Crippen MR) is 58.9 cm³/mol.